The molecule has 3 rings (SSSR count). The predicted octanol–water partition coefficient (Wildman–Crippen LogP) is 5.12. The zero-order valence-electron chi connectivity index (χ0n) is 10.7. The van der Waals surface area contributed by atoms with Gasteiger partial charge in [0, 0.05) is 37.7 Å². The highest BCUT2D eigenvalue weighted by molar-refractivity contribution is 9.10. The zero-order valence-corrected chi connectivity index (χ0v) is 13.0. The van der Waals surface area contributed by atoms with Gasteiger partial charge in [-0.25, -0.2) is 0 Å². The SMILES string of the molecule is Cc1cc(C(=O)c2c[nH]c3cc(Cl)ccc23)ccc1Br. The second kappa shape index (κ2) is 5.08. The molecule has 0 atom stereocenters. The average Bonchev–Trinajstić information content (AvgIpc) is 2.84. The van der Waals surface area contributed by atoms with E-state index in [0.717, 1.165) is 20.9 Å². The van der Waals surface area contributed by atoms with Crippen molar-refractivity contribution in [3.05, 3.63) is 68.8 Å². The van der Waals surface area contributed by atoms with Crippen LogP contribution in [0.25, 0.3) is 10.9 Å². The molecule has 1 heterocycles. The van der Waals surface area contributed by atoms with Gasteiger partial charge in [0.25, 0.3) is 0 Å². The van der Waals surface area contributed by atoms with Crippen LogP contribution in [0.4, 0.5) is 0 Å². The molecule has 0 amide bonds. The van der Waals surface area contributed by atoms with Crippen molar-refractivity contribution < 1.29 is 4.79 Å². The average molecular weight is 349 g/mol. The molecule has 0 bridgehead atoms. The Kier molecular flexibility index (Phi) is 3.40. The summed E-state index contributed by atoms with van der Waals surface area (Å²) in [5.41, 5.74) is 3.26. The van der Waals surface area contributed by atoms with Gasteiger partial charge in [0.05, 0.1) is 0 Å². The van der Waals surface area contributed by atoms with E-state index in [9.17, 15) is 4.79 Å². The van der Waals surface area contributed by atoms with Crippen LogP contribution in [0.2, 0.25) is 5.02 Å². The third-order valence-electron chi connectivity index (χ3n) is 3.31. The Bertz CT molecular complexity index is 822. The molecule has 0 spiro atoms. The van der Waals surface area contributed by atoms with Crippen LogP contribution < -0.4 is 0 Å². The van der Waals surface area contributed by atoms with Crippen LogP contribution in [0.1, 0.15) is 21.5 Å². The van der Waals surface area contributed by atoms with Gasteiger partial charge < -0.3 is 4.98 Å². The summed E-state index contributed by atoms with van der Waals surface area (Å²) in [6, 6.07) is 11.1. The summed E-state index contributed by atoms with van der Waals surface area (Å²) in [4.78, 5) is 15.7. The minimum atomic E-state index is 0.00849. The third-order valence-corrected chi connectivity index (χ3v) is 4.43. The van der Waals surface area contributed by atoms with Gasteiger partial charge in [0.15, 0.2) is 5.78 Å². The first-order chi connectivity index (χ1) is 9.56. The molecular weight excluding hydrogens is 338 g/mol. The number of aryl methyl sites for hydroxylation is 1. The van der Waals surface area contributed by atoms with Crippen LogP contribution >= 0.6 is 27.5 Å². The van der Waals surface area contributed by atoms with Gasteiger partial charge in [0.1, 0.15) is 0 Å². The summed E-state index contributed by atoms with van der Waals surface area (Å²) >= 11 is 9.40. The summed E-state index contributed by atoms with van der Waals surface area (Å²) in [5.74, 6) is 0.00849. The van der Waals surface area contributed by atoms with Gasteiger partial charge in [-0.1, -0.05) is 33.6 Å². The Labute approximate surface area is 129 Å². The quantitative estimate of drug-likeness (QED) is 0.640. The summed E-state index contributed by atoms with van der Waals surface area (Å²) in [6.45, 7) is 1.97. The molecule has 1 aromatic heterocycles. The number of carbonyl (C=O) groups is 1. The van der Waals surface area contributed by atoms with Crippen molar-refractivity contribution in [1.29, 1.82) is 0 Å². The van der Waals surface area contributed by atoms with Crippen LogP contribution in [0.3, 0.4) is 0 Å². The maximum absolute atomic E-state index is 12.6. The maximum atomic E-state index is 12.6. The fourth-order valence-corrected chi connectivity index (χ4v) is 2.65. The molecule has 4 heteroatoms. The van der Waals surface area contributed by atoms with E-state index in [0.29, 0.717) is 16.1 Å². The minimum absolute atomic E-state index is 0.00849. The number of halogens is 2. The van der Waals surface area contributed by atoms with Gasteiger partial charge in [-0.2, -0.15) is 0 Å². The number of aromatic nitrogens is 1. The Morgan fingerprint density at radius 1 is 1.20 bits per heavy atom. The van der Waals surface area contributed by atoms with Crippen molar-refractivity contribution >= 4 is 44.2 Å². The highest BCUT2D eigenvalue weighted by Gasteiger charge is 2.14. The second-order valence-corrected chi connectivity index (χ2v) is 5.98. The lowest BCUT2D eigenvalue weighted by atomic mass is 10.0. The molecule has 0 radical (unpaired) electrons. The third kappa shape index (κ3) is 2.28. The van der Waals surface area contributed by atoms with Crippen LogP contribution in [-0.4, -0.2) is 10.8 Å². The Morgan fingerprint density at radius 2 is 2.00 bits per heavy atom. The fourth-order valence-electron chi connectivity index (χ4n) is 2.23. The molecule has 0 saturated carbocycles. The van der Waals surface area contributed by atoms with Gasteiger partial charge in [0.2, 0.25) is 0 Å². The number of hydrogen-bond donors (Lipinski definition) is 1. The van der Waals surface area contributed by atoms with E-state index in [4.69, 9.17) is 11.6 Å². The van der Waals surface area contributed by atoms with Crippen LogP contribution in [0, 0.1) is 6.92 Å². The van der Waals surface area contributed by atoms with Crippen LogP contribution in [0.5, 0.6) is 0 Å². The first kappa shape index (κ1) is 13.4. The smallest absolute Gasteiger partial charge is 0.195 e. The van der Waals surface area contributed by atoms with Crippen molar-refractivity contribution in [2.45, 2.75) is 6.92 Å². The van der Waals surface area contributed by atoms with Crippen molar-refractivity contribution in [2.75, 3.05) is 0 Å². The number of benzene rings is 2. The van der Waals surface area contributed by atoms with E-state index in [1.54, 1.807) is 12.3 Å². The molecule has 1 N–H and O–H groups in total. The molecular formula is C16H11BrClNO. The summed E-state index contributed by atoms with van der Waals surface area (Å²) in [5, 5.41) is 1.54. The molecule has 0 fully saturated rings. The van der Waals surface area contributed by atoms with E-state index in [1.807, 2.05) is 37.3 Å². The predicted molar refractivity (Wildman–Crippen MR) is 85.6 cm³/mol. The second-order valence-electron chi connectivity index (χ2n) is 4.69. The minimum Gasteiger partial charge on any atom is -0.360 e. The molecule has 2 aromatic carbocycles. The van der Waals surface area contributed by atoms with E-state index in [1.165, 1.54) is 0 Å². The van der Waals surface area contributed by atoms with Gasteiger partial charge in [-0.3, -0.25) is 4.79 Å². The van der Waals surface area contributed by atoms with Crippen LogP contribution in [0.15, 0.2) is 47.1 Å². The molecule has 0 unspecified atom stereocenters. The molecule has 20 heavy (non-hydrogen) atoms. The summed E-state index contributed by atoms with van der Waals surface area (Å²) in [7, 11) is 0. The van der Waals surface area contributed by atoms with Gasteiger partial charge in [-0.15, -0.1) is 0 Å². The van der Waals surface area contributed by atoms with E-state index in [2.05, 4.69) is 20.9 Å². The lowest BCUT2D eigenvalue weighted by Gasteiger charge is -2.03. The summed E-state index contributed by atoms with van der Waals surface area (Å²) < 4.78 is 1.000. The first-order valence-corrected chi connectivity index (χ1v) is 7.31. The van der Waals surface area contributed by atoms with Crippen molar-refractivity contribution in [3.63, 3.8) is 0 Å². The molecule has 0 saturated heterocycles. The molecule has 100 valence electrons. The highest BCUT2D eigenvalue weighted by Crippen LogP contribution is 2.25. The van der Waals surface area contributed by atoms with Crippen molar-refractivity contribution in [2.24, 2.45) is 0 Å². The number of rotatable bonds is 2. The van der Waals surface area contributed by atoms with Crippen molar-refractivity contribution in [1.82, 2.24) is 4.98 Å². The standard InChI is InChI=1S/C16H11BrClNO/c1-9-6-10(2-5-14(9)17)16(20)13-8-19-15-7-11(18)3-4-12(13)15/h2-8,19H,1H3. The molecule has 3 aromatic rings. The molecule has 0 aliphatic heterocycles. The number of aromatic amines is 1. The lowest BCUT2D eigenvalue weighted by molar-refractivity contribution is 0.104. The van der Waals surface area contributed by atoms with Crippen molar-refractivity contribution in [3.8, 4) is 0 Å². The topological polar surface area (TPSA) is 32.9 Å². The van der Waals surface area contributed by atoms with Gasteiger partial charge in [-0.05, 0) is 42.8 Å². The fraction of sp³-hybridized carbons (Fsp3) is 0.0625. The van der Waals surface area contributed by atoms with E-state index >= 15 is 0 Å². The Hall–Kier alpha value is -1.58. The zero-order chi connectivity index (χ0) is 14.3. The lowest BCUT2D eigenvalue weighted by Crippen LogP contribution is -2.00. The largest absolute Gasteiger partial charge is 0.360 e. The van der Waals surface area contributed by atoms with Gasteiger partial charge >= 0.3 is 0 Å². The monoisotopic (exact) mass is 347 g/mol. The summed E-state index contributed by atoms with van der Waals surface area (Å²) in [6.07, 6.45) is 1.74. The first-order valence-electron chi connectivity index (χ1n) is 6.14. The number of hydrogen-bond acceptors (Lipinski definition) is 1. The molecule has 0 aliphatic carbocycles. The molecule has 0 aliphatic rings. The number of H-pyrrole nitrogens is 1. The highest BCUT2D eigenvalue weighted by atomic mass is 79.9. The number of nitrogens with one attached hydrogen (secondary N) is 1. The Morgan fingerprint density at radius 3 is 2.75 bits per heavy atom. The molecule has 2 nitrogen and oxygen atoms in total. The number of fused-ring (bicyclic) bond motifs is 1. The van der Waals surface area contributed by atoms with E-state index < -0.39 is 0 Å². The Balaban J connectivity index is 2.10. The maximum Gasteiger partial charge on any atom is 0.195 e. The normalized spacial score (nSPS) is 10.9. The number of ketones is 1. The van der Waals surface area contributed by atoms with E-state index in [-0.39, 0.29) is 5.78 Å². The number of carbonyl (C=O) groups excluding carboxylic acids is 1. The van der Waals surface area contributed by atoms with Crippen LogP contribution in [-0.2, 0) is 0 Å².